The Bertz CT molecular complexity index is 320. The third-order valence-corrected chi connectivity index (χ3v) is 3.37. The number of ketones is 1. The Hall–Kier alpha value is -1.09. The maximum Gasteiger partial charge on any atom is 0.141 e. The number of hydrogen-bond donors (Lipinski definition) is 1. The van der Waals surface area contributed by atoms with Gasteiger partial charge in [-0.3, -0.25) is 4.79 Å². The number of carbonyl (C=O) groups excluding carboxylic acids is 1. The lowest BCUT2D eigenvalue weighted by Gasteiger charge is -2.40. The number of Topliss-reactive ketones (excluding diaryl/α,β-unsaturated/α-hetero) is 1. The molecular weight excluding hydrogens is 190 g/mol. The van der Waals surface area contributed by atoms with Crippen LogP contribution in [0.1, 0.15) is 31.4 Å². The summed E-state index contributed by atoms with van der Waals surface area (Å²) in [5, 5.41) is 0. The van der Waals surface area contributed by atoms with E-state index in [1.54, 1.807) is 6.26 Å². The monoisotopic (exact) mass is 207 g/mol. The van der Waals surface area contributed by atoms with E-state index in [4.69, 9.17) is 10.2 Å². The maximum absolute atomic E-state index is 11.8. The first-order valence-electron chi connectivity index (χ1n) is 5.48. The zero-order valence-electron chi connectivity index (χ0n) is 8.87. The van der Waals surface area contributed by atoms with E-state index >= 15 is 0 Å². The van der Waals surface area contributed by atoms with Gasteiger partial charge in [-0.25, -0.2) is 0 Å². The van der Waals surface area contributed by atoms with Crippen molar-refractivity contribution in [2.75, 3.05) is 6.54 Å². The van der Waals surface area contributed by atoms with Crippen LogP contribution in [0.25, 0.3) is 0 Å². The van der Waals surface area contributed by atoms with Gasteiger partial charge in [-0.15, -0.1) is 0 Å². The topological polar surface area (TPSA) is 56.2 Å². The van der Waals surface area contributed by atoms with E-state index in [1.165, 1.54) is 6.42 Å². The molecule has 15 heavy (non-hydrogen) atoms. The van der Waals surface area contributed by atoms with Crippen LogP contribution in [0.3, 0.4) is 0 Å². The van der Waals surface area contributed by atoms with E-state index in [0.29, 0.717) is 19.4 Å². The minimum atomic E-state index is 0.115. The minimum Gasteiger partial charge on any atom is -0.469 e. The Labute approximate surface area is 89.6 Å². The van der Waals surface area contributed by atoms with Crippen LogP contribution >= 0.6 is 0 Å². The molecule has 1 saturated carbocycles. The standard InChI is InChI=1S/C12H17NO2/c13-9-12(4-2-5-12)8-10(14)7-11-3-1-6-15-11/h1,3,6H,2,4-5,7-9,13H2. The molecule has 0 aromatic carbocycles. The summed E-state index contributed by atoms with van der Waals surface area (Å²) in [4.78, 5) is 11.8. The molecular formula is C12H17NO2. The van der Waals surface area contributed by atoms with Gasteiger partial charge in [0.2, 0.25) is 0 Å². The highest BCUT2D eigenvalue weighted by atomic mass is 16.3. The average Bonchev–Trinajstić information content (AvgIpc) is 2.64. The van der Waals surface area contributed by atoms with Gasteiger partial charge < -0.3 is 10.2 Å². The fourth-order valence-corrected chi connectivity index (χ4v) is 2.22. The van der Waals surface area contributed by atoms with Crippen LogP contribution in [0.2, 0.25) is 0 Å². The van der Waals surface area contributed by atoms with Crippen molar-refractivity contribution in [2.45, 2.75) is 32.1 Å². The second kappa shape index (κ2) is 4.19. The van der Waals surface area contributed by atoms with Crippen LogP contribution in [-0.4, -0.2) is 12.3 Å². The normalized spacial score (nSPS) is 18.5. The smallest absolute Gasteiger partial charge is 0.141 e. The fourth-order valence-electron chi connectivity index (χ4n) is 2.22. The van der Waals surface area contributed by atoms with Crippen molar-refractivity contribution in [3.63, 3.8) is 0 Å². The van der Waals surface area contributed by atoms with Crippen LogP contribution in [0.4, 0.5) is 0 Å². The van der Waals surface area contributed by atoms with Gasteiger partial charge >= 0.3 is 0 Å². The van der Waals surface area contributed by atoms with Crippen molar-refractivity contribution in [1.82, 2.24) is 0 Å². The van der Waals surface area contributed by atoms with Gasteiger partial charge in [0.1, 0.15) is 11.5 Å². The van der Waals surface area contributed by atoms with Crippen LogP contribution in [0, 0.1) is 5.41 Å². The van der Waals surface area contributed by atoms with Crippen LogP contribution in [0.5, 0.6) is 0 Å². The van der Waals surface area contributed by atoms with E-state index in [0.717, 1.165) is 18.6 Å². The van der Waals surface area contributed by atoms with Crippen LogP contribution in [0.15, 0.2) is 22.8 Å². The third kappa shape index (κ3) is 2.29. The van der Waals surface area contributed by atoms with Crippen molar-refractivity contribution in [3.05, 3.63) is 24.2 Å². The molecule has 1 aliphatic carbocycles. The molecule has 1 fully saturated rings. The Morgan fingerprint density at radius 3 is 2.80 bits per heavy atom. The van der Waals surface area contributed by atoms with Gasteiger partial charge in [-0.2, -0.15) is 0 Å². The van der Waals surface area contributed by atoms with Gasteiger partial charge in [0.05, 0.1) is 12.7 Å². The molecule has 0 atom stereocenters. The predicted octanol–water partition coefficient (Wildman–Crippen LogP) is 1.91. The van der Waals surface area contributed by atoms with Crippen molar-refractivity contribution < 1.29 is 9.21 Å². The van der Waals surface area contributed by atoms with E-state index in [-0.39, 0.29) is 11.2 Å². The molecule has 3 nitrogen and oxygen atoms in total. The number of rotatable bonds is 5. The van der Waals surface area contributed by atoms with E-state index in [9.17, 15) is 4.79 Å². The molecule has 0 bridgehead atoms. The van der Waals surface area contributed by atoms with E-state index in [1.807, 2.05) is 12.1 Å². The predicted molar refractivity (Wildman–Crippen MR) is 57.4 cm³/mol. The lowest BCUT2D eigenvalue weighted by molar-refractivity contribution is -0.122. The third-order valence-electron chi connectivity index (χ3n) is 3.37. The summed E-state index contributed by atoms with van der Waals surface area (Å²) in [7, 11) is 0. The first kappa shape index (κ1) is 10.4. The number of nitrogens with two attached hydrogens (primary N) is 1. The summed E-state index contributed by atoms with van der Waals surface area (Å²) in [6.45, 7) is 0.636. The SMILES string of the molecule is NCC1(CC(=O)Cc2ccco2)CCC1. The molecule has 1 aromatic heterocycles. The summed E-state index contributed by atoms with van der Waals surface area (Å²) in [6, 6.07) is 3.65. The summed E-state index contributed by atoms with van der Waals surface area (Å²) < 4.78 is 5.15. The molecule has 1 heterocycles. The summed E-state index contributed by atoms with van der Waals surface area (Å²) in [5.74, 6) is 1.00. The Kier molecular flexibility index (Phi) is 2.91. The summed E-state index contributed by atoms with van der Waals surface area (Å²) >= 11 is 0. The van der Waals surface area contributed by atoms with Gasteiger partial charge in [0.15, 0.2) is 0 Å². The molecule has 1 aromatic rings. The van der Waals surface area contributed by atoms with Gasteiger partial charge in [-0.1, -0.05) is 6.42 Å². The maximum atomic E-state index is 11.8. The molecule has 0 saturated heterocycles. The molecule has 0 unspecified atom stereocenters. The van der Waals surface area contributed by atoms with Crippen LogP contribution < -0.4 is 5.73 Å². The second-order valence-electron chi connectivity index (χ2n) is 4.53. The zero-order chi connectivity index (χ0) is 10.7. The Morgan fingerprint density at radius 2 is 2.33 bits per heavy atom. The molecule has 0 amide bonds. The van der Waals surface area contributed by atoms with Crippen LogP contribution in [-0.2, 0) is 11.2 Å². The van der Waals surface area contributed by atoms with E-state index in [2.05, 4.69) is 0 Å². The molecule has 1 aliphatic rings. The zero-order valence-corrected chi connectivity index (χ0v) is 8.87. The summed E-state index contributed by atoms with van der Waals surface area (Å²) in [5.41, 5.74) is 5.83. The first-order valence-corrected chi connectivity index (χ1v) is 5.48. The lowest BCUT2D eigenvalue weighted by atomic mass is 9.66. The van der Waals surface area contributed by atoms with Crippen molar-refractivity contribution in [1.29, 1.82) is 0 Å². The minimum absolute atomic E-state index is 0.115. The van der Waals surface area contributed by atoms with Gasteiger partial charge in [0.25, 0.3) is 0 Å². The van der Waals surface area contributed by atoms with E-state index < -0.39 is 0 Å². The van der Waals surface area contributed by atoms with Crippen molar-refractivity contribution in [2.24, 2.45) is 11.1 Å². The Balaban J connectivity index is 1.87. The average molecular weight is 207 g/mol. The molecule has 3 heteroatoms. The first-order chi connectivity index (χ1) is 7.24. The number of furan rings is 1. The molecule has 2 N–H and O–H groups in total. The quantitative estimate of drug-likeness (QED) is 0.802. The second-order valence-corrected chi connectivity index (χ2v) is 4.53. The fraction of sp³-hybridized carbons (Fsp3) is 0.583. The largest absolute Gasteiger partial charge is 0.469 e. The number of hydrogen-bond acceptors (Lipinski definition) is 3. The highest BCUT2D eigenvalue weighted by Gasteiger charge is 2.37. The lowest BCUT2D eigenvalue weighted by Crippen LogP contribution is -2.39. The summed E-state index contributed by atoms with van der Waals surface area (Å²) in [6.07, 6.45) is 6.05. The molecule has 2 rings (SSSR count). The van der Waals surface area contributed by atoms with Gasteiger partial charge in [0, 0.05) is 6.42 Å². The van der Waals surface area contributed by atoms with Crippen molar-refractivity contribution in [3.8, 4) is 0 Å². The molecule has 0 radical (unpaired) electrons. The molecule has 0 spiro atoms. The van der Waals surface area contributed by atoms with Crippen molar-refractivity contribution >= 4 is 5.78 Å². The molecule has 82 valence electrons. The molecule has 0 aliphatic heterocycles. The van der Waals surface area contributed by atoms with Gasteiger partial charge in [-0.05, 0) is 36.9 Å². The highest BCUT2D eigenvalue weighted by Crippen LogP contribution is 2.43. The Morgan fingerprint density at radius 1 is 1.53 bits per heavy atom. The number of carbonyl (C=O) groups is 1. The highest BCUT2D eigenvalue weighted by molar-refractivity contribution is 5.81.